The van der Waals surface area contributed by atoms with Crippen molar-refractivity contribution in [3.8, 4) is 0 Å². The van der Waals surface area contributed by atoms with Crippen molar-refractivity contribution < 1.29 is 4.79 Å². The molecule has 1 aromatic rings. The molecule has 0 unspecified atom stereocenters. The van der Waals surface area contributed by atoms with Crippen LogP contribution in [0, 0.1) is 5.92 Å². The number of hydrogen-bond acceptors (Lipinski definition) is 2. The van der Waals surface area contributed by atoms with Crippen LogP contribution in [0.15, 0.2) is 6.07 Å². The Bertz CT molecular complexity index is 444. The molecule has 1 heterocycles. The van der Waals surface area contributed by atoms with E-state index in [1.165, 1.54) is 44.9 Å². The molecule has 0 aliphatic heterocycles. The number of hydrogen-bond donors (Lipinski definition) is 1. The fourth-order valence-corrected chi connectivity index (χ4v) is 3.09. The normalized spacial score (nSPS) is 20.5. The number of carbonyl (C=O) groups is 1. The lowest BCUT2D eigenvalue weighted by atomic mass is 9.89. The fraction of sp³-hybridized carbons (Fsp3) is 0.733. The first-order valence-electron chi connectivity index (χ1n) is 7.55. The largest absolute Gasteiger partial charge is 0.340 e. The van der Waals surface area contributed by atoms with Gasteiger partial charge in [0.1, 0.15) is 5.69 Å². The molecule has 1 N–H and O–H groups in total. The van der Waals surface area contributed by atoms with Gasteiger partial charge in [0.15, 0.2) is 0 Å². The van der Waals surface area contributed by atoms with E-state index in [2.05, 4.69) is 10.2 Å². The molecule has 0 saturated heterocycles. The van der Waals surface area contributed by atoms with Gasteiger partial charge in [0.2, 0.25) is 0 Å². The minimum Gasteiger partial charge on any atom is -0.340 e. The number of aromatic nitrogens is 2. The molecule has 2 saturated carbocycles. The molecule has 1 aromatic heterocycles. The summed E-state index contributed by atoms with van der Waals surface area (Å²) in [5.41, 5.74) is 1.72. The Balaban J connectivity index is 1.58. The molecule has 4 nitrogen and oxygen atoms in total. The highest BCUT2D eigenvalue weighted by molar-refractivity contribution is 5.92. The Morgan fingerprint density at radius 2 is 2.05 bits per heavy atom. The standard InChI is InChI=1S/C15H23N3O/c1-18(10-11-5-3-2-4-6-11)15(19)14-9-13(16-17-14)12-7-8-12/h9,11-12H,2-8,10H2,1H3,(H,16,17). The minimum absolute atomic E-state index is 0.0636. The SMILES string of the molecule is CN(CC1CCCCC1)C(=O)c1cc(C2CC2)[nH]n1. The van der Waals surface area contributed by atoms with Crippen LogP contribution in [0.5, 0.6) is 0 Å². The topological polar surface area (TPSA) is 49.0 Å². The van der Waals surface area contributed by atoms with Gasteiger partial charge in [-0.1, -0.05) is 19.3 Å². The third kappa shape index (κ3) is 2.99. The van der Waals surface area contributed by atoms with Gasteiger partial charge in [-0.25, -0.2) is 0 Å². The Morgan fingerprint density at radius 1 is 1.32 bits per heavy atom. The average molecular weight is 261 g/mol. The molecule has 3 rings (SSSR count). The van der Waals surface area contributed by atoms with Gasteiger partial charge in [0, 0.05) is 25.2 Å². The van der Waals surface area contributed by atoms with E-state index in [0.717, 1.165) is 12.2 Å². The third-order valence-corrected chi connectivity index (χ3v) is 4.44. The smallest absolute Gasteiger partial charge is 0.274 e. The summed E-state index contributed by atoms with van der Waals surface area (Å²) in [4.78, 5) is 14.2. The van der Waals surface area contributed by atoms with Gasteiger partial charge in [-0.15, -0.1) is 0 Å². The summed E-state index contributed by atoms with van der Waals surface area (Å²) in [6, 6.07) is 1.94. The van der Waals surface area contributed by atoms with Crippen LogP contribution in [-0.4, -0.2) is 34.6 Å². The van der Waals surface area contributed by atoms with Crippen LogP contribution in [-0.2, 0) is 0 Å². The van der Waals surface area contributed by atoms with Gasteiger partial charge in [-0.2, -0.15) is 5.10 Å². The van der Waals surface area contributed by atoms with Gasteiger partial charge in [0.25, 0.3) is 5.91 Å². The van der Waals surface area contributed by atoms with Gasteiger partial charge in [0.05, 0.1) is 0 Å². The molecule has 0 aromatic carbocycles. The highest BCUT2D eigenvalue weighted by Gasteiger charge is 2.27. The predicted molar refractivity (Wildman–Crippen MR) is 74.1 cm³/mol. The number of carbonyl (C=O) groups excluding carboxylic acids is 1. The van der Waals surface area contributed by atoms with Crippen LogP contribution in [0.2, 0.25) is 0 Å². The summed E-state index contributed by atoms with van der Waals surface area (Å²) in [6.45, 7) is 0.879. The maximum Gasteiger partial charge on any atom is 0.274 e. The second-order valence-corrected chi connectivity index (χ2v) is 6.17. The molecule has 4 heteroatoms. The fourth-order valence-electron chi connectivity index (χ4n) is 3.09. The number of amides is 1. The molecule has 0 spiro atoms. The Hall–Kier alpha value is -1.32. The molecule has 2 aliphatic rings. The Kier molecular flexibility index (Phi) is 3.58. The van der Waals surface area contributed by atoms with Crippen molar-refractivity contribution in [3.05, 3.63) is 17.5 Å². The highest BCUT2D eigenvalue weighted by atomic mass is 16.2. The van der Waals surface area contributed by atoms with Crippen molar-refractivity contribution >= 4 is 5.91 Å². The van der Waals surface area contributed by atoms with E-state index in [0.29, 0.717) is 17.5 Å². The maximum absolute atomic E-state index is 12.3. The number of H-pyrrole nitrogens is 1. The summed E-state index contributed by atoms with van der Waals surface area (Å²) in [7, 11) is 1.91. The summed E-state index contributed by atoms with van der Waals surface area (Å²) in [5, 5.41) is 7.18. The number of nitrogens with one attached hydrogen (secondary N) is 1. The van der Waals surface area contributed by atoms with E-state index in [9.17, 15) is 4.79 Å². The number of aromatic amines is 1. The predicted octanol–water partition coefficient (Wildman–Crippen LogP) is 2.94. The second kappa shape index (κ2) is 5.35. The van der Waals surface area contributed by atoms with E-state index in [-0.39, 0.29) is 5.91 Å². The van der Waals surface area contributed by atoms with Crippen LogP contribution in [0.1, 0.15) is 67.0 Å². The van der Waals surface area contributed by atoms with E-state index in [1.54, 1.807) is 0 Å². The molecule has 2 fully saturated rings. The average Bonchev–Trinajstić information content (AvgIpc) is 3.17. The van der Waals surface area contributed by atoms with Crippen LogP contribution >= 0.6 is 0 Å². The van der Waals surface area contributed by atoms with Crippen LogP contribution in [0.25, 0.3) is 0 Å². The molecule has 0 bridgehead atoms. The summed E-state index contributed by atoms with van der Waals surface area (Å²) >= 11 is 0. The lowest BCUT2D eigenvalue weighted by molar-refractivity contribution is 0.0754. The first-order valence-corrected chi connectivity index (χ1v) is 7.55. The molecule has 104 valence electrons. The van der Waals surface area contributed by atoms with E-state index >= 15 is 0 Å². The highest BCUT2D eigenvalue weighted by Crippen LogP contribution is 2.39. The van der Waals surface area contributed by atoms with Crippen LogP contribution in [0.3, 0.4) is 0 Å². The first kappa shape index (κ1) is 12.7. The maximum atomic E-state index is 12.3. The zero-order valence-electron chi connectivity index (χ0n) is 11.7. The lowest BCUT2D eigenvalue weighted by Gasteiger charge is -2.26. The molecule has 2 aliphatic carbocycles. The van der Waals surface area contributed by atoms with Crippen molar-refractivity contribution in [2.45, 2.75) is 50.9 Å². The zero-order valence-corrected chi connectivity index (χ0v) is 11.7. The first-order chi connectivity index (χ1) is 9.24. The molecule has 0 atom stereocenters. The van der Waals surface area contributed by atoms with Crippen molar-refractivity contribution in [3.63, 3.8) is 0 Å². The summed E-state index contributed by atoms with van der Waals surface area (Å²) < 4.78 is 0. The van der Waals surface area contributed by atoms with E-state index in [4.69, 9.17) is 0 Å². The van der Waals surface area contributed by atoms with Gasteiger partial charge >= 0.3 is 0 Å². The summed E-state index contributed by atoms with van der Waals surface area (Å²) in [6.07, 6.45) is 9.00. The number of nitrogens with zero attached hydrogens (tertiary/aromatic N) is 2. The van der Waals surface area contributed by atoms with E-state index in [1.807, 2.05) is 18.0 Å². The van der Waals surface area contributed by atoms with Gasteiger partial charge in [-0.3, -0.25) is 9.89 Å². The molecular formula is C15H23N3O. The van der Waals surface area contributed by atoms with Crippen molar-refractivity contribution in [1.82, 2.24) is 15.1 Å². The molecule has 1 amide bonds. The Morgan fingerprint density at radius 3 is 2.74 bits per heavy atom. The van der Waals surface area contributed by atoms with Crippen molar-refractivity contribution in [2.24, 2.45) is 5.92 Å². The zero-order chi connectivity index (χ0) is 13.2. The van der Waals surface area contributed by atoms with Crippen molar-refractivity contribution in [1.29, 1.82) is 0 Å². The lowest BCUT2D eigenvalue weighted by Crippen LogP contribution is -2.32. The summed E-state index contributed by atoms with van der Waals surface area (Å²) in [5.74, 6) is 1.37. The second-order valence-electron chi connectivity index (χ2n) is 6.17. The van der Waals surface area contributed by atoms with Crippen molar-refractivity contribution in [2.75, 3.05) is 13.6 Å². The van der Waals surface area contributed by atoms with Gasteiger partial charge in [-0.05, 0) is 37.7 Å². The third-order valence-electron chi connectivity index (χ3n) is 4.44. The molecule has 19 heavy (non-hydrogen) atoms. The van der Waals surface area contributed by atoms with Crippen LogP contribution in [0.4, 0.5) is 0 Å². The minimum atomic E-state index is 0.0636. The van der Waals surface area contributed by atoms with Crippen LogP contribution < -0.4 is 0 Å². The number of rotatable bonds is 4. The van der Waals surface area contributed by atoms with E-state index < -0.39 is 0 Å². The molecule has 0 radical (unpaired) electrons. The Labute approximate surface area is 114 Å². The molecular weight excluding hydrogens is 238 g/mol. The monoisotopic (exact) mass is 261 g/mol. The van der Waals surface area contributed by atoms with Gasteiger partial charge < -0.3 is 4.90 Å². The quantitative estimate of drug-likeness (QED) is 0.906.